The van der Waals surface area contributed by atoms with Crippen LogP contribution in [0.2, 0.25) is 0 Å². The van der Waals surface area contributed by atoms with E-state index in [1.807, 2.05) is 18.2 Å². The molecule has 2 saturated heterocycles. The normalized spacial score (nSPS) is 19.7. The fourth-order valence-corrected chi connectivity index (χ4v) is 5.41. The van der Waals surface area contributed by atoms with E-state index in [-0.39, 0.29) is 12.0 Å². The number of benzene rings is 1. The lowest BCUT2D eigenvalue weighted by Crippen LogP contribution is -2.41. The first-order valence-electron chi connectivity index (χ1n) is 11.3. The van der Waals surface area contributed by atoms with Crippen LogP contribution in [-0.4, -0.2) is 47.4 Å². The topological polar surface area (TPSA) is 73.8 Å². The molecule has 0 radical (unpaired) electrons. The lowest BCUT2D eigenvalue weighted by molar-refractivity contribution is 0.0851. The first kappa shape index (κ1) is 20.3. The standard InChI is InChI=1S/C25H30N4O2/c1-17-22(18-7-13-31-14-8-18)19(15-26)23-27-20-5-3-4-6-21(20)29(23)24(17)28-11-9-25(2,16-30)10-12-28/h3-6,18,30H,7-14,16H2,1-2H3. The van der Waals surface area contributed by atoms with Gasteiger partial charge in [0.25, 0.3) is 0 Å². The molecular formula is C25H30N4O2. The number of aliphatic hydroxyl groups excluding tert-OH is 1. The third-order valence-electron chi connectivity index (χ3n) is 7.40. The van der Waals surface area contributed by atoms with E-state index in [0.29, 0.717) is 11.5 Å². The summed E-state index contributed by atoms with van der Waals surface area (Å²) in [6.07, 6.45) is 3.77. The van der Waals surface area contributed by atoms with Crippen molar-refractivity contribution in [3.05, 3.63) is 41.0 Å². The first-order chi connectivity index (χ1) is 15.1. The molecule has 2 aliphatic heterocycles. The summed E-state index contributed by atoms with van der Waals surface area (Å²) in [5.74, 6) is 1.48. The predicted molar refractivity (Wildman–Crippen MR) is 122 cm³/mol. The maximum absolute atomic E-state index is 10.2. The highest BCUT2D eigenvalue weighted by molar-refractivity contribution is 5.86. The number of nitriles is 1. The number of rotatable bonds is 3. The van der Waals surface area contributed by atoms with E-state index in [4.69, 9.17) is 9.72 Å². The van der Waals surface area contributed by atoms with Gasteiger partial charge in [-0.1, -0.05) is 19.1 Å². The molecule has 4 heterocycles. The zero-order chi connectivity index (χ0) is 21.6. The average Bonchev–Trinajstić information content (AvgIpc) is 3.19. The number of aromatic nitrogens is 2. The van der Waals surface area contributed by atoms with Crippen molar-refractivity contribution in [1.82, 2.24) is 9.38 Å². The minimum absolute atomic E-state index is 0.0172. The van der Waals surface area contributed by atoms with E-state index in [1.54, 1.807) is 0 Å². The van der Waals surface area contributed by atoms with Crippen molar-refractivity contribution in [1.29, 1.82) is 5.26 Å². The molecular weight excluding hydrogens is 388 g/mol. The Morgan fingerprint density at radius 3 is 2.61 bits per heavy atom. The summed E-state index contributed by atoms with van der Waals surface area (Å²) in [7, 11) is 0. The van der Waals surface area contributed by atoms with Gasteiger partial charge in [0.15, 0.2) is 5.65 Å². The van der Waals surface area contributed by atoms with Gasteiger partial charge in [-0.25, -0.2) is 4.98 Å². The van der Waals surface area contributed by atoms with Gasteiger partial charge in [-0.15, -0.1) is 0 Å². The molecule has 6 heteroatoms. The average molecular weight is 419 g/mol. The number of anilines is 1. The highest BCUT2D eigenvalue weighted by Crippen LogP contribution is 2.41. The monoisotopic (exact) mass is 418 g/mol. The maximum atomic E-state index is 10.2. The Hall–Kier alpha value is -2.62. The molecule has 1 aromatic carbocycles. The first-order valence-corrected chi connectivity index (χ1v) is 11.3. The Balaban J connectivity index is 1.76. The van der Waals surface area contributed by atoms with Gasteiger partial charge < -0.3 is 14.7 Å². The van der Waals surface area contributed by atoms with Gasteiger partial charge >= 0.3 is 0 Å². The lowest BCUT2D eigenvalue weighted by Gasteiger charge is -2.40. The second kappa shape index (κ2) is 7.81. The number of hydrogen-bond acceptors (Lipinski definition) is 5. The minimum Gasteiger partial charge on any atom is -0.396 e. The van der Waals surface area contributed by atoms with Crippen molar-refractivity contribution in [2.45, 2.75) is 45.4 Å². The zero-order valence-corrected chi connectivity index (χ0v) is 18.4. The van der Waals surface area contributed by atoms with Crippen LogP contribution in [0.3, 0.4) is 0 Å². The molecule has 162 valence electrons. The largest absolute Gasteiger partial charge is 0.396 e. The van der Waals surface area contributed by atoms with Crippen LogP contribution in [0, 0.1) is 23.7 Å². The Bertz CT molecular complexity index is 1160. The highest BCUT2D eigenvalue weighted by atomic mass is 16.5. The summed E-state index contributed by atoms with van der Waals surface area (Å²) in [5.41, 5.74) is 5.76. The molecule has 2 aliphatic rings. The quantitative estimate of drug-likeness (QED) is 0.691. The number of imidazole rings is 1. The van der Waals surface area contributed by atoms with E-state index in [9.17, 15) is 10.4 Å². The number of nitrogens with zero attached hydrogens (tertiary/aromatic N) is 4. The van der Waals surface area contributed by atoms with Crippen molar-refractivity contribution in [2.24, 2.45) is 5.41 Å². The molecule has 0 spiro atoms. The molecule has 1 N–H and O–H groups in total. The number of aliphatic hydroxyl groups is 1. The Kier molecular flexibility index (Phi) is 5.11. The molecule has 6 nitrogen and oxygen atoms in total. The summed E-state index contributed by atoms with van der Waals surface area (Å²) >= 11 is 0. The predicted octanol–water partition coefficient (Wildman–Crippen LogP) is 4.16. The SMILES string of the molecule is Cc1c(C2CCOCC2)c(C#N)c2nc3ccccc3n2c1N1CCC(C)(CO)CC1. The summed E-state index contributed by atoms with van der Waals surface area (Å²) in [4.78, 5) is 7.37. The van der Waals surface area contributed by atoms with Gasteiger partial charge in [-0.05, 0) is 67.2 Å². The Labute approximate surface area is 183 Å². The molecule has 31 heavy (non-hydrogen) atoms. The summed E-state index contributed by atoms with van der Waals surface area (Å²) < 4.78 is 7.82. The van der Waals surface area contributed by atoms with Gasteiger partial charge in [-0.3, -0.25) is 4.40 Å². The molecule has 0 bridgehead atoms. The number of para-hydroxylation sites is 2. The van der Waals surface area contributed by atoms with Gasteiger partial charge in [0.2, 0.25) is 0 Å². The van der Waals surface area contributed by atoms with Crippen molar-refractivity contribution in [2.75, 3.05) is 37.8 Å². The van der Waals surface area contributed by atoms with Crippen LogP contribution in [0.15, 0.2) is 24.3 Å². The number of pyridine rings is 1. The zero-order valence-electron chi connectivity index (χ0n) is 18.4. The number of piperidine rings is 1. The van der Waals surface area contributed by atoms with E-state index in [0.717, 1.165) is 80.0 Å². The molecule has 2 aromatic heterocycles. The van der Waals surface area contributed by atoms with Gasteiger partial charge in [0.1, 0.15) is 11.9 Å². The van der Waals surface area contributed by atoms with E-state index < -0.39 is 0 Å². The number of fused-ring (bicyclic) bond motifs is 3. The minimum atomic E-state index is -0.0172. The van der Waals surface area contributed by atoms with E-state index >= 15 is 0 Å². The van der Waals surface area contributed by atoms with Crippen molar-refractivity contribution in [3.8, 4) is 6.07 Å². The molecule has 0 saturated carbocycles. The van der Waals surface area contributed by atoms with Gasteiger partial charge in [0.05, 0.1) is 16.6 Å². The second-order valence-corrected chi connectivity index (χ2v) is 9.45. The smallest absolute Gasteiger partial charge is 0.157 e. The maximum Gasteiger partial charge on any atom is 0.157 e. The van der Waals surface area contributed by atoms with Crippen LogP contribution in [0.4, 0.5) is 5.82 Å². The van der Waals surface area contributed by atoms with E-state index in [2.05, 4.69) is 35.3 Å². The fraction of sp³-hybridized carbons (Fsp3) is 0.520. The fourth-order valence-electron chi connectivity index (χ4n) is 5.41. The van der Waals surface area contributed by atoms with Crippen molar-refractivity contribution >= 4 is 22.5 Å². The summed E-state index contributed by atoms with van der Waals surface area (Å²) in [5, 5.41) is 20.1. The van der Waals surface area contributed by atoms with Crippen LogP contribution < -0.4 is 4.90 Å². The number of hydrogen-bond donors (Lipinski definition) is 1. The lowest BCUT2D eigenvalue weighted by atomic mass is 9.81. The van der Waals surface area contributed by atoms with Gasteiger partial charge in [-0.2, -0.15) is 5.26 Å². The van der Waals surface area contributed by atoms with Crippen LogP contribution in [0.1, 0.15) is 55.2 Å². The van der Waals surface area contributed by atoms with Crippen LogP contribution in [0.5, 0.6) is 0 Å². The van der Waals surface area contributed by atoms with Crippen LogP contribution in [0.25, 0.3) is 16.7 Å². The molecule has 2 fully saturated rings. The second-order valence-electron chi connectivity index (χ2n) is 9.45. The summed E-state index contributed by atoms with van der Waals surface area (Å²) in [6.45, 7) is 7.83. The summed E-state index contributed by atoms with van der Waals surface area (Å²) in [6, 6.07) is 10.7. The van der Waals surface area contributed by atoms with Crippen molar-refractivity contribution < 1.29 is 9.84 Å². The van der Waals surface area contributed by atoms with Gasteiger partial charge in [0, 0.05) is 32.9 Å². The Morgan fingerprint density at radius 1 is 1.23 bits per heavy atom. The van der Waals surface area contributed by atoms with Crippen LogP contribution in [-0.2, 0) is 4.74 Å². The molecule has 3 aromatic rings. The van der Waals surface area contributed by atoms with E-state index in [1.165, 1.54) is 5.56 Å². The molecule has 0 amide bonds. The van der Waals surface area contributed by atoms with Crippen molar-refractivity contribution in [3.63, 3.8) is 0 Å². The molecule has 0 aliphatic carbocycles. The molecule has 5 rings (SSSR count). The van der Waals surface area contributed by atoms with Crippen LogP contribution >= 0.6 is 0 Å². The molecule has 0 unspecified atom stereocenters. The third kappa shape index (κ3) is 3.28. The highest BCUT2D eigenvalue weighted by Gasteiger charge is 2.33. The molecule has 0 atom stereocenters. The number of ether oxygens (including phenoxy) is 1. The third-order valence-corrected chi connectivity index (χ3v) is 7.40. The Morgan fingerprint density at radius 2 is 1.94 bits per heavy atom.